The zero-order valence-electron chi connectivity index (χ0n) is 11.3. The maximum Gasteiger partial charge on any atom is 0.00793 e. The van der Waals surface area contributed by atoms with Crippen LogP contribution in [-0.2, 0) is 0 Å². The van der Waals surface area contributed by atoms with Gasteiger partial charge in [-0.25, -0.2) is 0 Å². The van der Waals surface area contributed by atoms with Crippen LogP contribution in [0.3, 0.4) is 0 Å². The number of hydrogen-bond acceptors (Lipinski definition) is 2. The first-order chi connectivity index (χ1) is 7.77. The smallest absolute Gasteiger partial charge is 0.00793 e. The minimum Gasteiger partial charge on any atom is -0.327 e. The number of rotatable bonds is 6. The quantitative estimate of drug-likeness (QED) is 0.705. The molecule has 1 aliphatic rings. The van der Waals surface area contributed by atoms with Crippen LogP contribution in [-0.4, -0.2) is 30.6 Å². The van der Waals surface area contributed by atoms with E-state index in [9.17, 15) is 0 Å². The molecule has 0 aromatic carbocycles. The summed E-state index contributed by atoms with van der Waals surface area (Å²) in [4.78, 5) is 2.48. The lowest BCUT2D eigenvalue weighted by Gasteiger charge is -2.25. The summed E-state index contributed by atoms with van der Waals surface area (Å²) in [5.41, 5.74) is 6.35. The van der Waals surface area contributed by atoms with Gasteiger partial charge in [0.05, 0.1) is 0 Å². The van der Waals surface area contributed by atoms with Gasteiger partial charge in [0.2, 0.25) is 0 Å². The molecule has 0 radical (unpaired) electrons. The lowest BCUT2D eigenvalue weighted by Crippen LogP contribution is -2.35. The third kappa shape index (κ3) is 4.84. The SMILES string of the molecule is CCN(CC)CCC(N)C1CCCCCC1. The van der Waals surface area contributed by atoms with Crippen molar-refractivity contribution in [1.82, 2.24) is 4.90 Å². The molecular weight excluding hydrogens is 196 g/mol. The summed E-state index contributed by atoms with van der Waals surface area (Å²) in [5.74, 6) is 0.804. The van der Waals surface area contributed by atoms with E-state index in [0.29, 0.717) is 6.04 Å². The topological polar surface area (TPSA) is 29.3 Å². The van der Waals surface area contributed by atoms with E-state index < -0.39 is 0 Å². The van der Waals surface area contributed by atoms with Crippen molar-refractivity contribution in [3.05, 3.63) is 0 Å². The summed E-state index contributed by atoms with van der Waals surface area (Å²) in [6.07, 6.45) is 9.61. The first-order valence-corrected chi connectivity index (χ1v) is 7.25. The Morgan fingerprint density at radius 1 is 1.06 bits per heavy atom. The second-order valence-electron chi connectivity index (χ2n) is 5.23. The largest absolute Gasteiger partial charge is 0.327 e. The second-order valence-corrected chi connectivity index (χ2v) is 5.23. The van der Waals surface area contributed by atoms with E-state index in [4.69, 9.17) is 5.73 Å². The maximum absolute atomic E-state index is 6.35. The Morgan fingerprint density at radius 3 is 2.12 bits per heavy atom. The molecule has 16 heavy (non-hydrogen) atoms. The van der Waals surface area contributed by atoms with Crippen LogP contribution >= 0.6 is 0 Å². The highest BCUT2D eigenvalue weighted by Gasteiger charge is 2.19. The molecule has 2 heteroatoms. The normalized spacial score (nSPS) is 21.0. The van der Waals surface area contributed by atoms with E-state index in [1.807, 2.05) is 0 Å². The van der Waals surface area contributed by atoms with Gasteiger partial charge in [-0.2, -0.15) is 0 Å². The summed E-state index contributed by atoms with van der Waals surface area (Å²) in [6, 6.07) is 0.443. The van der Waals surface area contributed by atoms with E-state index >= 15 is 0 Å². The van der Waals surface area contributed by atoms with Crippen LogP contribution in [0, 0.1) is 5.92 Å². The van der Waals surface area contributed by atoms with E-state index in [1.54, 1.807) is 0 Å². The van der Waals surface area contributed by atoms with E-state index in [1.165, 1.54) is 51.5 Å². The van der Waals surface area contributed by atoms with Crippen LogP contribution in [0.1, 0.15) is 58.8 Å². The molecule has 1 unspecified atom stereocenters. The third-order valence-electron chi connectivity index (χ3n) is 4.18. The van der Waals surface area contributed by atoms with Gasteiger partial charge in [0, 0.05) is 6.04 Å². The van der Waals surface area contributed by atoms with Crippen molar-refractivity contribution in [3.63, 3.8) is 0 Å². The summed E-state index contributed by atoms with van der Waals surface area (Å²) in [6.45, 7) is 7.98. The molecule has 1 atom stereocenters. The molecular formula is C14H30N2. The second kappa shape index (κ2) is 8.08. The van der Waals surface area contributed by atoms with Gasteiger partial charge >= 0.3 is 0 Å². The van der Waals surface area contributed by atoms with Gasteiger partial charge in [0.25, 0.3) is 0 Å². The van der Waals surface area contributed by atoms with E-state index in [0.717, 1.165) is 19.0 Å². The molecule has 2 nitrogen and oxygen atoms in total. The van der Waals surface area contributed by atoms with Crippen molar-refractivity contribution in [2.75, 3.05) is 19.6 Å². The molecule has 0 aliphatic heterocycles. The first-order valence-electron chi connectivity index (χ1n) is 7.25. The molecule has 0 saturated heterocycles. The Hall–Kier alpha value is -0.0800. The Morgan fingerprint density at radius 2 is 1.62 bits per heavy atom. The highest BCUT2D eigenvalue weighted by molar-refractivity contribution is 4.76. The van der Waals surface area contributed by atoms with Crippen LogP contribution in [0.4, 0.5) is 0 Å². The van der Waals surface area contributed by atoms with Gasteiger partial charge in [-0.3, -0.25) is 0 Å². The molecule has 0 heterocycles. The Labute approximate surface area is 102 Å². The Kier molecular flexibility index (Phi) is 7.06. The summed E-state index contributed by atoms with van der Waals surface area (Å²) < 4.78 is 0. The van der Waals surface area contributed by atoms with Crippen molar-refractivity contribution in [3.8, 4) is 0 Å². The fraction of sp³-hybridized carbons (Fsp3) is 1.00. The molecule has 2 N–H and O–H groups in total. The van der Waals surface area contributed by atoms with Gasteiger partial charge in [-0.1, -0.05) is 39.5 Å². The molecule has 1 rings (SSSR count). The summed E-state index contributed by atoms with van der Waals surface area (Å²) >= 11 is 0. The average molecular weight is 226 g/mol. The van der Waals surface area contributed by atoms with Crippen molar-refractivity contribution in [2.24, 2.45) is 11.7 Å². The average Bonchev–Trinajstić information content (AvgIpc) is 2.58. The summed E-state index contributed by atoms with van der Waals surface area (Å²) in [5, 5.41) is 0. The first kappa shape index (κ1) is 14.0. The molecule has 96 valence electrons. The predicted octanol–water partition coefficient (Wildman–Crippen LogP) is 3.02. The molecule has 0 aromatic heterocycles. The highest BCUT2D eigenvalue weighted by atomic mass is 15.1. The Bertz CT molecular complexity index is 158. The van der Waals surface area contributed by atoms with Crippen molar-refractivity contribution in [2.45, 2.75) is 64.8 Å². The Balaban J connectivity index is 2.24. The molecule has 1 fully saturated rings. The minimum absolute atomic E-state index is 0.443. The molecule has 1 aliphatic carbocycles. The fourth-order valence-electron chi connectivity index (χ4n) is 2.85. The van der Waals surface area contributed by atoms with Crippen LogP contribution < -0.4 is 5.73 Å². The molecule has 0 amide bonds. The molecule has 0 bridgehead atoms. The van der Waals surface area contributed by atoms with Crippen LogP contribution in [0.15, 0.2) is 0 Å². The molecule has 0 spiro atoms. The monoisotopic (exact) mass is 226 g/mol. The number of hydrogen-bond donors (Lipinski definition) is 1. The fourth-order valence-corrected chi connectivity index (χ4v) is 2.85. The van der Waals surface area contributed by atoms with Crippen LogP contribution in [0.2, 0.25) is 0 Å². The minimum atomic E-state index is 0.443. The van der Waals surface area contributed by atoms with Crippen molar-refractivity contribution >= 4 is 0 Å². The van der Waals surface area contributed by atoms with Crippen molar-refractivity contribution < 1.29 is 0 Å². The summed E-state index contributed by atoms with van der Waals surface area (Å²) in [7, 11) is 0. The van der Waals surface area contributed by atoms with Gasteiger partial charge in [0.1, 0.15) is 0 Å². The molecule has 1 saturated carbocycles. The number of nitrogens with two attached hydrogens (primary N) is 1. The van der Waals surface area contributed by atoms with Gasteiger partial charge in [0.15, 0.2) is 0 Å². The predicted molar refractivity (Wildman–Crippen MR) is 71.6 cm³/mol. The zero-order valence-corrected chi connectivity index (χ0v) is 11.3. The number of nitrogens with zero attached hydrogens (tertiary/aromatic N) is 1. The lowest BCUT2D eigenvalue weighted by atomic mass is 9.90. The van der Waals surface area contributed by atoms with Crippen LogP contribution in [0.5, 0.6) is 0 Å². The lowest BCUT2D eigenvalue weighted by molar-refractivity contribution is 0.263. The van der Waals surface area contributed by atoms with E-state index in [-0.39, 0.29) is 0 Å². The highest BCUT2D eigenvalue weighted by Crippen LogP contribution is 2.25. The maximum atomic E-state index is 6.35. The van der Waals surface area contributed by atoms with E-state index in [2.05, 4.69) is 18.7 Å². The molecule has 0 aromatic rings. The third-order valence-corrected chi connectivity index (χ3v) is 4.18. The van der Waals surface area contributed by atoms with Gasteiger partial charge < -0.3 is 10.6 Å². The standard InChI is InChI=1S/C14H30N2/c1-3-16(4-2)12-11-14(15)13-9-7-5-6-8-10-13/h13-14H,3-12,15H2,1-2H3. The zero-order chi connectivity index (χ0) is 11.8. The van der Waals surface area contributed by atoms with Crippen molar-refractivity contribution in [1.29, 1.82) is 0 Å². The van der Waals surface area contributed by atoms with Gasteiger partial charge in [-0.15, -0.1) is 0 Å². The van der Waals surface area contributed by atoms with Crippen LogP contribution in [0.25, 0.3) is 0 Å². The van der Waals surface area contributed by atoms with Gasteiger partial charge in [-0.05, 0) is 44.8 Å².